The molecule has 0 aliphatic rings. The van der Waals surface area contributed by atoms with Crippen LogP contribution in [0.15, 0.2) is 11.1 Å². The summed E-state index contributed by atoms with van der Waals surface area (Å²) >= 11 is 0. The lowest BCUT2D eigenvalue weighted by molar-refractivity contribution is -0.127. The highest BCUT2D eigenvalue weighted by Gasteiger charge is 2.10. The lowest BCUT2D eigenvalue weighted by atomic mass is 10.1. The molecule has 0 bridgehead atoms. The number of hydrogen-bond donors (Lipinski definition) is 3. The number of rotatable bonds is 3. The van der Waals surface area contributed by atoms with Crippen LogP contribution in [0.5, 0.6) is 0 Å². The van der Waals surface area contributed by atoms with Gasteiger partial charge in [-0.25, -0.2) is 5.84 Å². The van der Waals surface area contributed by atoms with Gasteiger partial charge < -0.3 is 0 Å². The summed E-state index contributed by atoms with van der Waals surface area (Å²) in [4.78, 5) is 11.4. The SMILES string of the molecule is CCCN(N)C(=O)C(C)=C(C)C.O=S(=O)(O)O. The Bertz CT molecular complexity index is 363. The van der Waals surface area contributed by atoms with E-state index in [0.29, 0.717) is 6.54 Å². The van der Waals surface area contributed by atoms with Gasteiger partial charge in [-0.2, -0.15) is 8.42 Å². The van der Waals surface area contributed by atoms with E-state index in [0.717, 1.165) is 17.6 Å². The zero-order valence-electron chi connectivity index (χ0n) is 10.5. The van der Waals surface area contributed by atoms with Crippen LogP contribution in [0.1, 0.15) is 34.1 Å². The van der Waals surface area contributed by atoms with E-state index in [4.69, 9.17) is 23.4 Å². The molecule has 0 spiro atoms. The summed E-state index contributed by atoms with van der Waals surface area (Å²) in [5.41, 5.74) is 1.76. The molecule has 0 aliphatic heterocycles. The molecule has 8 heteroatoms. The number of hydrazine groups is 1. The van der Waals surface area contributed by atoms with Crippen molar-refractivity contribution in [2.45, 2.75) is 34.1 Å². The Labute approximate surface area is 102 Å². The van der Waals surface area contributed by atoms with Gasteiger partial charge >= 0.3 is 10.4 Å². The van der Waals surface area contributed by atoms with Crippen LogP contribution >= 0.6 is 0 Å². The monoisotopic (exact) mass is 268 g/mol. The Morgan fingerprint density at radius 1 is 1.24 bits per heavy atom. The molecule has 102 valence electrons. The summed E-state index contributed by atoms with van der Waals surface area (Å²) in [6.45, 7) is 8.22. The van der Waals surface area contributed by atoms with Crippen molar-refractivity contribution in [2.24, 2.45) is 5.84 Å². The molecular weight excluding hydrogens is 248 g/mol. The van der Waals surface area contributed by atoms with Crippen LogP contribution in [0.2, 0.25) is 0 Å². The van der Waals surface area contributed by atoms with Gasteiger partial charge in [0.15, 0.2) is 0 Å². The molecule has 0 heterocycles. The van der Waals surface area contributed by atoms with Crippen molar-refractivity contribution in [3.05, 3.63) is 11.1 Å². The van der Waals surface area contributed by atoms with Gasteiger partial charge in [-0.05, 0) is 27.2 Å². The molecule has 4 N–H and O–H groups in total. The number of hydrogen-bond acceptors (Lipinski definition) is 4. The summed E-state index contributed by atoms with van der Waals surface area (Å²) in [6.07, 6.45) is 0.887. The normalized spacial score (nSPS) is 10.1. The van der Waals surface area contributed by atoms with Crippen LogP contribution in [-0.4, -0.2) is 35.0 Å². The van der Waals surface area contributed by atoms with Gasteiger partial charge in [0.05, 0.1) is 0 Å². The molecule has 0 aromatic carbocycles. The Kier molecular flexibility index (Phi) is 8.85. The second-order valence-corrected chi connectivity index (χ2v) is 4.47. The maximum absolute atomic E-state index is 11.4. The first kappa shape index (κ1) is 18.4. The second-order valence-electron chi connectivity index (χ2n) is 3.57. The summed E-state index contributed by atoms with van der Waals surface area (Å²) in [5.74, 6) is 5.44. The van der Waals surface area contributed by atoms with E-state index in [1.165, 1.54) is 5.01 Å². The molecule has 1 amide bonds. The fourth-order valence-corrected chi connectivity index (χ4v) is 0.772. The molecule has 0 saturated carbocycles. The third-order valence-electron chi connectivity index (χ3n) is 1.80. The van der Waals surface area contributed by atoms with Crippen LogP contribution in [0, 0.1) is 0 Å². The van der Waals surface area contributed by atoms with E-state index < -0.39 is 10.4 Å². The summed E-state index contributed by atoms with van der Waals surface area (Å²) in [6, 6.07) is 0. The predicted octanol–water partition coefficient (Wildman–Crippen LogP) is 0.802. The van der Waals surface area contributed by atoms with Gasteiger partial charge in [-0.15, -0.1) is 0 Å². The van der Waals surface area contributed by atoms with Crippen LogP contribution in [0.25, 0.3) is 0 Å². The van der Waals surface area contributed by atoms with Gasteiger partial charge in [-0.1, -0.05) is 12.5 Å². The number of allylic oxidation sites excluding steroid dienone is 1. The molecule has 0 aromatic heterocycles. The second kappa shape index (κ2) is 8.18. The van der Waals surface area contributed by atoms with E-state index >= 15 is 0 Å². The fourth-order valence-electron chi connectivity index (χ4n) is 0.772. The summed E-state index contributed by atoms with van der Waals surface area (Å²) in [5, 5.41) is 1.27. The first-order valence-corrected chi connectivity index (χ1v) is 6.30. The predicted molar refractivity (Wildman–Crippen MR) is 64.4 cm³/mol. The minimum absolute atomic E-state index is 0.0724. The van der Waals surface area contributed by atoms with E-state index in [2.05, 4.69) is 0 Å². The minimum Gasteiger partial charge on any atom is -0.277 e. The van der Waals surface area contributed by atoms with Crippen LogP contribution in [0.4, 0.5) is 0 Å². The van der Waals surface area contributed by atoms with Crippen molar-refractivity contribution in [1.82, 2.24) is 5.01 Å². The minimum atomic E-state index is -4.67. The molecule has 0 aliphatic carbocycles. The molecule has 0 aromatic rings. The quantitative estimate of drug-likeness (QED) is 0.229. The number of nitrogens with two attached hydrogens (primary N) is 1. The summed E-state index contributed by atoms with van der Waals surface area (Å²) in [7, 11) is -4.67. The Morgan fingerprint density at radius 2 is 1.59 bits per heavy atom. The van der Waals surface area contributed by atoms with Crippen molar-refractivity contribution in [3.8, 4) is 0 Å². The average molecular weight is 268 g/mol. The van der Waals surface area contributed by atoms with Gasteiger partial charge in [0.25, 0.3) is 5.91 Å². The number of carbonyl (C=O) groups excluding carboxylic acids is 1. The molecule has 17 heavy (non-hydrogen) atoms. The number of amides is 1. The highest BCUT2D eigenvalue weighted by atomic mass is 32.3. The molecule has 0 saturated heterocycles. The zero-order valence-corrected chi connectivity index (χ0v) is 11.3. The smallest absolute Gasteiger partial charge is 0.277 e. The Hall–Kier alpha value is -0.960. The average Bonchev–Trinajstić information content (AvgIpc) is 2.13. The molecule has 0 radical (unpaired) electrons. The molecule has 0 unspecified atom stereocenters. The highest BCUT2D eigenvalue weighted by molar-refractivity contribution is 7.79. The molecular formula is C9H20N2O5S. The van der Waals surface area contributed by atoms with Crippen LogP contribution < -0.4 is 5.84 Å². The molecule has 0 atom stereocenters. The van der Waals surface area contributed by atoms with Crippen LogP contribution in [0.3, 0.4) is 0 Å². The Morgan fingerprint density at radius 3 is 1.82 bits per heavy atom. The number of nitrogens with zero attached hydrogens (tertiary/aromatic N) is 1. The third kappa shape index (κ3) is 13.0. The molecule has 7 nitrogen and oxygen atoms in total. The molecule has 0 fully saturated rings. The van der Waals surface area contributed by atoms with Gasteiger partial charge in [-0.3, -0.25) is 18.9 Å². The third-order valence-corrected chi connectivity index (χ3v) is 1.80. The van der Waals surface area contributed by atoms with Crippen molar-refractivity contribution in [1.29, 1.82) is 0 Å². The van der Waals surface area contributed by atoms with E-state index in [9.17, 15) is 4.79 Å². The summed E-state index contributed by atoms with van der Waals surface area (Å²) < 4.78 is 31.6. The maximum atomic E-state index is 11.4. The van der Waals surface area contributed by atoms with Crippen LogP contribution in [-0.2, 0) is 15.2 Å². The van der Waals surface area contributed by atoms with Crippen molar-refractivity contribution >= 4 is 16.3 Å². The van der Waals surface area contributed by atoms with E-state index in [1.807, 2.05) is 20.8 Å². The van der Waals surface area contributed by atoms with Crippen molar-refractivity contribution in [2.75, 3.05) is 6.54 Å². The van der Waals surface area contributed by atoms with Crippen molar-refractivity contribution in [3.63, 3.8) is 0 Å². The fraction of sp³-hybridized carbons (Fsp3) is 0.667. The topological polar surface area (TPSA) is 121 Å². The Balaban J connectivity index is 0. The number of carbonyl (C=O) groups is 1. The van der Waals surface area contributed by atoms with Crippen molar-refractivity contribution < 1.29 is 22.3 Å². The lowest BCUT2D eigenvalue weighted by Crippen LogP contribution is -2.38. The largest absolute Gasteiger partial charge is 0.394 e. The van der Waals surface area contributed by atoms with Gasteiger partial charge in [0.2, 0.25) is 0 Å². The van der Waals surface area contributed by atoms with Gasteiger partial charge in [0, 0.05) is 12.1 Å². The first-order valence-electron chi connectivity index (χ1n) is 4.91. The van der Waals surface area contributed by atoms with Gasteiger partial charge in [0.1, 0.15) is 0 Å². The standard InChI is InChI=1S/C9H18N2O.H2O4S/c1-5-6-11(10)9(12)8(4)7(2)3;1-5(2,3)4/h5-6,10H2,1-4H3;(H2,1,2,3,4). The lowest BCUT2D eigenvalue weighted by Gasteiger charge is -2.16. The molecule has 0 rings (SSSR count). The maximum Gasteiger partial charge on any atom is 0.394 e. The zero-order chi connectivity index (χ0) is 14.2. The van der Waals surface area contributed by atoms with E-state index in [1.54, 1.807) is 6.92 Å². The first-order chi connectivity index (χ1) is 7.50. The highest BCUT2D eigenvalue weighted by Crippen LogP contribution is 2.04. The van der Waals surface area contributed by atoms with E-state index in [-0.39, 0.29) is 5.91 Å².